The van der Waals surface area contributed by atoms with E-state index in [9.17, 15) is 14.4 Å². The molecule has 6 heteroatoms. The second-order valence-corrected chi connectivity index (χ2v) is 6.78. The smallest absolute Gasteiger partial charge is 0.354 e. The zero-order valence-electron chi connectivity index (χ0n) is 16.6. The first-order valence-electron chi connectivity index (χ1n) is 8.67. The van der Waals surface area contributed by atoms with E-state index in [-0.39, 0.29) is 17.6 Å². The zero-order chi connectivity index (χ0) is 19.5. The number of carbonyl (C=O) groups is 3. The van der Waals surface area contributed by atoms with Crippen LogP contribution in [0.25, 0.3) is 0 Å². The van der Waals surface area contributed by atoms with Crippen LogP contribution in [0.4, 0.5) is 0 Å². The minimum absolute atomic E-state index is 0.132. The number of esters is 1. The van der Waals surface area contributed by atoms with Gasteiger partial charge < -0.3 is 14.2 Å². The fourth-order valence-electron chi connectivity index (χ4n) is 3.32. The molecule has 1 amide bonds. The molecule has 6 nitrogen and oxygen atoms in total. The summed E-state index contributed by atoms with van der Waals surface area (Å²) in [6.45, 7) is 13.8. The molecular formula is C19H30N2O4. The number of hydrogen-bond acceptors (Lipinski definition) is 4. The van der Waals surface area contributed by atoms with Crippen LogP contribution >= 0.6 is 0 Å². The third-order valence-electron chi connectivity index (χ3n) is 4.52. The number of carbonyl (C=O) groups excluding carboxylic acids is 3. The highest BCUT2D eigenvalue weighted by Crippen LogP contribution is 2.25. The fraction of sp³-hybridized carbons (Fsp3) is 0.632. The summed E-state index contributed by atoms with van der Waals surface area (Å²) in [5.74, 6) is -0.483. The van der Waals surface area contributed by atoms with Crippen molar-refractivity contribution in [3.05, 3.63) is 22.5 Å². The molecule has 0 radical (unpaired) electrons. The lowest BCUT2D eigenvalue weighted by Crippen LogP contribution is -2.44. The molecule has 0 bridgehead atoms. The van der Waals surface area contributed by atoms with Gasteiger partial charge in [0.25, 0.3) is 0 Å². The van der Waals surface area contributed by atoms with E-state index in [1.165, 1.54) is 14.0 Å². The van der Waals surface area contributed by atoms with Crippen molar-refractivity contribution in [1.29, 1.82) is 0 Å². The Bertz CT molecular complexity index is 673. The fourth-order valence-corrected chi connectivity index (χ4v) is 3.32. The number of amides is 1. The lowest BCUT2D eigenvalue weighted by Gasteiger charge is -2.29. The third-order valence-corrected chi connectivity index (χ3v) is 4.52. The topological polar surface area (TPSA) is 68.6 Å². The molecule has 1 atom stereocenters. The van der Waals surface area contributed by atoms with Gasteiger partial charge in [0.05, 0.1) is 13.2 Å². The van der Waals surface area contributed by atoms with Gasteiger partial charge in [0.2, 0.25) is 5.91 Å². The van der Waals surface area contributed by atoms with Crippen LogP contribution in [0.2, 0.25) is 0 Å². The number of nitrogens with zero attached hydrogens (tertiary/aromatic N) is 2. The number of ether oxygens (including phenoxy) is 1. The molecule has 0 aliphatic carbocycles. The summed E-state index contributed by atoms with van der Waals surface area (Å²) in [6.07, 6.45) is 0. The average Bonchev–Trinajstić information content (AvgIpc) is 2.80. The Balaban J connectivity index is 3.40. The Hall–Kier alpha value is -2.11. The van der Waals surface area contributed by atoms with Gasteiger partial charge in [-0.2, -0.15) is 0 Å². The summed E-state index contributed by atoms with van der Waals surface area (Å²) in [4.78, 5) is 38.9. The summed E-state index contributed by atoms with van der Waals surface area (Å²) < 4.78 is 6.66. The number of aromatic nitrogens is 1. The van der Waals surface area contributed by atoms with E-state index in [0.29, 0.717) is 29.9 Å². The van der Waals surface area contributed by atoms with Gasteiger partial charge in [-0.15, -0.1) is 0 Å². The van der Waals surface area contributed by atoms with Gasteiger partial charge in [0.15, 0.2) is 5.78 Å². The Labute approximate surface area is 150 Å². The molecule has 140 valence electrons. The normalized spacial score (nSPS) is 12.2. The van der Waals surface area contributed by atoms with Gasteiger partial charge in [-0.3, -0.25) is 9.59 Å². The molecule has 0 saturated heterocycles. The first-order chi connectivity index (χ1) is 11.6. The number of hydrogen-bond donors (Lipinski definition) is 0. The van der Waals surface area contributed by atoms with Crippen LogP contribution in [-0.2, 0) is 16.1 Å². The summed E-state index contributed by atoms with van der Waals surface area (Å²) in [7, 11) is 1.33. The van der Waals surface area contributed by atoms with Gasteiger partial charge in [0, 0.05) is 31.3 Å². The highest BCUT2D eigenvalue weighted by atomic mass is 16.5. The van der Waals surface area contributed by atoms with Crippen LogP contribution in [-0.4, -0.2) is 46.8 Å². The van der Waals surface area contributed by atoms with Crippen LogP contribution in [0.3, 0.4) is 0 Å². The zero-order valence-corrected chi connectivity index (χ0v) is 16.6. The summed E-state index contributed by atoms with van der Waals surface area (Å²) >= 11 is 0. The average molecular weight is 350 g/mol. The van der Waals surface area contributed by atoms with Crippen molar-refractivity contribution in [3.63, 3.8) is 0 Å². The van der Waals surface area contributed by atoms with Crippen molar-refractivity contribution in [2.24, 2.45) is 5.92 Å². The summed E-state index contributed by atoms with van der Waals surface area (Å²) in [6, 6.07) is -0.587. The Kier molecular flexibility index (Phi) is 6.96. The molecule has 1 unspecified atom stereocenters. The van der Waals surface area contributed by atoms with E-state index in [4.69, 9.17) is 4.74 Å². The van der Waals surface area contributed by atoms with Crippen molar-refractivity contribution in [2.45, 2.75) is 61.1 Å². The highest BCUT2D eigenvalue weighted by molar-refractivity contribution is 6.06. The minimum atomic E-state index is -0.587. The highest BCUT2D eigenvalue weighted by Gasteiger charge is 2.32. The Morgan fingerprint density at radius 1 is 1.16 bits per heavy atom. The van der Waals surface area contributed by atoms with E-state index >= 15 is 0 Å². The number of ketones is 1. The molecule has 0 aliphatic rings. The lowest BCUT2D eigenvalue weighted by molar-refractivity contribution is -0.130. The molecule has 0 aromatic carbocycles. The van der Waals surface area contributed by atoms with E-state index in [0.717, 1.165) is 5.69 Å². The standard InChI is InChI=1S/C19H30N2O4/c1-9-20-13(5)16(12(4)17(20)19(24)25-8)18(23)14(6)21(15(7)22)10-11(2)3/h11,14H,9-10H2,1-8H3. The Morgan fingerprint density at radius 2 is 1.72 bits per heavy atom. The molecule has 0 spiro atoms. The molecule has 1 heterocycles. The van der Waals surface area contributed by atoms with Crippen molar-refractivity contribution >= 4 is 17.7 Å². The number of rotatable bonds is 7. The van der Waals surface area contributed by atoms with Gasteiger partial charge >= 0.3 is 5.97 Å². The molecule has 25 heavy (non-hydrogen) atoms. The first-order valence-corrected chi connectivity index (χ1v) is 8.67. The SMILES string of the molecule is CCn1c(C)c(C(=O)C(C)N(CC(C)C)C(C)=O)c(C)c1C(=O)OC. The van der Waals surface area contributed by atoms with Crippen LogP contribution in [0, 0.1) is 19.8 Å². The third kappa shape index (κ3) is 4.11. The number of Topliss-reactive ketones (excluding diaryl/α,β-unsaturated/α-hetero) is 1. The van der Waals surface area contributed by atoms with E-state index in [1.54, 1.807) is 23.3 Å². The molecule has 1 rings (SSSR count). The van der Waals surface area contributed by atoms with Crippen molar-refractivity contribution in [3.8, 4) is 0 Å². The molecule has 0 fully saturated rings. The maximum Gasteiger partial charge on any atom is 0.354 e. The van der Waals surface area contributed by atoms with Crippen molar-refractivity contribution < 1.29 is 19.1 Å². The molecule has 0 aliphatic heterocycles. The number of methoxy groups -OCH3 is 1. The minimum Gasteiger partial charge on any atom is -0.464 e. The quantitative estimate of drug-likeness (QED) is 0.560. The maximum atomic E-state index is 13.1. The van der Waals surface area contributed by atoms with Crippen molar-refractivity contribution in [2.75, 3.05) is 13.7 Å². The second kappa shape index (κ2) is 8.32. The summed E-state index contributed by atoms with van der Waals surface area (Å²) in [5.41, 5.74) is 2.24. The van der Waals surface area contributed by atoms with E-state index in [2.05, 4.69) is 0 Å². The van der Waals surface area contributed by atoms with Crippen LogP contribution < -0.4 is 0 Å². The van der Waals surface area contributed by atoms with Crippen LogP contribution in [0.15, 0.2) is 0 Å². The van der Waals surface area contributed by atoms with Crippen LogP contribution in [0.5, 0.6) is 0 Å². The van der Waals surface area contributed by atoms with Gasteiger partial charge in [-0.05, 0) is 39.2 Å². The van der Waals surface area contributed by atoms with Gasteiger partial charge in [-0.1, -0.05) is 13.8 Å². The van der Waals surface area contributed by atoms with Crippen LogP contribution in [0.1, 0.15) is 66.7 Å². The first kappa shape index (κ1) is 20.9. The van der Waals surface area contributed by atoms with Gasteiger partial charge in [0.1, 0.15) is 5.69 Å². The molecule has 1 aromatic heterocycles. The van der Waals surface area contributed by atoms with E-state index in [1.807, 2.05) is 27.7 Å². The predicted octanol–water partition coefficient (Wildman–Crippen LogP) is 2.99. The van der Waals surface area contributed by atoms with Gasteiger partial charge in [-0.25, -0.2) is 4.79 Å². The lowest BCUT2D eigenvalue weighted by atomic mass is 9.99. The Morgan fingerprint density at radius 3 is 2.12 bits per heavy atom. The predicted molar refractivity (Wildman–Crippen MR) is 96.9 cm³/mol. The monoisotopic (exact) mass is 350 g/mol. The van der Waals surface area contributed by atoms with E-state index < -0.39 is 12.0 Å². The van der Waals surface area contributed by atoms with Crippen molar-refractivity contribution in [1.82, 2.24) is 9.47 Å². The summed E-state index contributed by atoms with van der Waals surface area (Å²) in [5, 5.41) is 0. The maximum absolute atomic E-state index is 13.1. The molecular weight excluding hydrogens is 320 g/mol. The molecule has 1 aromatic rings. The molecule has 0 N–H and O–H groups in total. The molecule has 0 saturated carbocycles. The largest absolute Gasteiger partial charge is 0.464 e. The second-order valence-electron chi connectivity index (χ2n) is 6.78.